The van der Waals surface area contributed by atoms with Crippen LogP contribution in [0.4, 0.5) is 0 Å². The van der Waals surface area contributed by atoms with Crippen molar-refractivity contribution in [1.29, 1.82) is 0 Å². The lowest BCUT2D eigenvalue weighted by atomic mass is 10.1. The summed E-state index contributed by atoms with van der Waals surface area (Å²) in [7, 11) is 0. The van der Waals surface area contributed by atoms with Crippen LogP contribution in [0, 0.1) is 13.8 Å². The molecule has 0 unspecified atom stereocenters. The highest BCUT2D eigenvalue weighted by Gasteiger charge is 2.17. The van der Waals surface area contributed by atoms with Crippen molar-refractivity contribution in [3.63, 3.8) is 0 Å². The second-order valence-corrected chi connectivity index (χ2v) is 6.69. The SMILES string of the molecule is Cc1cccc(O[C@H](C)C(=O)NNC(=O)Cn2cnc3ccccc3c2=O)c1C. The average Bonchev–Trinajstić information content (AvgIpc) is 2.72. The summed E-state index contributed by atoms with van der Waals surface area (Å²) in [5.74, 6) is -0.465. The number of ether oxygens (including phenoxy) is 1. The lowest BCUT2D eigenvalue weighted by Gasteiger charge is -2.17. The van der Waals surface area contributed by atoms with Crippen molar-refractivity contribution >= 4 is 22.7 Å². The van der Waals surface area contributed by atoms with Gasteiger partial charge >= 0.3 is 0 Å². The predicted molar refractivity (Wildman–Crippen MR) is 108 cm³/mol. The first-order chi connectivity index (χ1) is 13.9. The van der Waals surface area contributed by atoms with Crippen molar-refractivity contribution in [1.82, 2.24) is 20.4 Å². The van der Waals surface area contributed by atoms with E-state index in [2.05, 4.69) is 15.8 Å². The van der Waals surface area contributed by atoms with Crippen molar-refractivity contribution in [3.05, 3.63) is 70.3 Å². The lowest BCUT2D eigenvalue weighted by Crippen LogP contribution is -2.48. The molecule has 8 nitrogen and oxygen atoms in total. The van der Waals surface area contributed by atoms with E-state index in [0.717, 1.165) is 11.1 Å². The van der Waals surface area contributed by atoms with E-state index in [0.29, 0.717) is 16.7 Å². The Hall–Kier alpha value is -3.68. The number of hydrogen-bond donors (Lipinski definition) is 2. The summed E-state index contributed by atoms with van der Waals surface area (Å²) in [5.41, 5.74) is 6.83. The minimum absolute atomic E-state index is 0.275. The van der Waals surface area contributed by atoms with Crippen LogP contribution in [0.1, 0.15) is 18.1 Å². The Balaban J connectivity index is 1.57. The number of benzene rings is 2. The van der Waals surface area contributed by atoms with Crippen LogP contribution in [-0.2, 0) is 16.1 Å². The molecule has 2 aromatic carbocycles. The monoisotopic (exact) mass is 394 g/mol. The van der Waals surface area contributed by atoms with E-state index in [-0.39, 0.29) is 12.1 Å². The molecule has 2 N–H and O–H groups in total. The van der Waals surface area contributed by atoms with E-state index >= 15 is 0 Å². The van der Waals surface area contributed by atoms with Crippen LogP contribution in [0.15, 0.2) is 53.6 Å². The van der Waals surface area contributed by atoms with Crippen LogP contribution in [0.3, 0.4) is 0 Å². The number of hydrogen-bond acceptors (Lipinski definition) is 5. The molecule has 1 atom stereocenters. The topological polar surface area (TPSA) is 102 Å². The molecule has 1 heterocycles. The van der Waals surface area contributed by atoms with Gasteiger partial charge in [-0.05, 0) is 50.1 Å². The number of para-hydroxylation sites is 1. The molecule has 0 radical (unpaired) electrons. The Morgan fingerprint density at radius 2 is 1.86 bits per heavy atom. The number of carbonyl (C=O) groups excluding carboxylic acids is 2. The molecule has 3 rings (SSSR count). The quantitative estimate of drug-likeness (QED) is 0.641. The van der Waals surface area contributed by atoms with Crippen LogP contribution in [0.2, 0.25) is 0 Å². The smallest absolute Gasteiger partial charge is 0.279 e. The van der Waals surface area contributed by atoms with Gasteiger partial charge in [0.1, 0.15) is 12.3 Å². The average molecular weight is 394 g/mol. The number of nitrogens with zero attached hydrogens (tertiary/aromatic N) is 2. The van der Waals surface area contributed by atoms with Gasteiger partial charge < -0.3 is 4.74 Å². The Morgan fingerprint density at radius 3 is 2.66 bits per heavy atom. The van der Waals surface area contributed by atoms with Crippen LogP contribution in [-0.4, -0.2) is 27.5 Å². The highest BCUT2D eigenvalue weighted by molar-refractivity contribution is 5.84. The normalized spacial score (nSPS) is 11.7. The molecule has 150 valence electrons. The number of fused-ring (bicyclic) bond motifs is 1. The molecular weight excluding hydrogens is 372 g/mol. The summed E-state index contributed by atoms with van der Waals surface area (Å²) in [5, 5.41) is 0.419. The van der Waals surface area contributed by atoms with Gasteiger partial charge in [-0.15, -0.1) is 0 Å². The fraction of sp³-hybridized carbons (Fsp3) is 0.238. The standard InChI is InChI=1S/C21H22N4O4/c1-13-7-6-10-18(14(13)2)29-15(3)20(27)24-23-19(26)11-25-12-22-17-9-5-4-8-16(17)21(25)28/h4-10,12,15H,11H2,1-3H3,(H,23,26)(H,24,27)/t15-/m1/s1. The first-order valence-electron chi connectivity index (χ1n) is 9.12. The third-order valence-electron chi connectivity index (χ3n) is 4.60. The number of nitrogens with one attached hydrogen (secondary N) is 2. The van der Waals surface area contributed by atoms with Gasteiger partial charge in [0.05, 0.1) is 17.2 Å². The third kappa shape index (κ3) is 4.60. The first kappa shape index (κ1) is 20.1. The molecule has 0 aliphatic rings. The van der Waals surface area contributed by atoms with Crippen LogP contribution < -0.4 is 21.1 Å². The molecule has 0 aliphatic carbocycles. The fourth-order valence-corrected chi connectivity index (χ4v) is 2.74. The van der Waals surface area contributed by atoms with Crippen LogP contribution in [0.5, 0.6) is 5.75 Å². The highest BCUT2D eigenvalue weighted by Crippen LogP contribution is 2.21. The number of rotatable bonds is 5. The zero-order valence-corrected chi connectivity index (χ0v) is 16.4. The maximum atomic E-state index is 12.4. The van der Waals surface area contributed by atoms with Crippen LogP contribution >= 0.6 is 0 Å². The van der Waals surface area contributed by atoms with Crippen LogP contribution in [0.25, 0.3) is 10.9 Å². The molecule has 3 aromatic rings. The van der Waals surface area contributed by atoms with Gasteiger partial charge in [0.2, 0.25) is 0 Å². The molecule has 8 heteroatoms. The van der Waals surface area contributed by atoms with Crippen molar-refractivity contribution in [2.45, 2.75) is 33.4 Å². The van der Waals surface area contributed by atoms with E-state index in [9.17, 15) is 14.4 Å². The zero-order valence-electron chi connectivity index (χ0n) is 16.4. The van der Waals surface area contributed by atoms with E-state index in [1.807, 2.05) is 26.0 Å². The Morgan fingerprint density at radius 1 is 1.10 bits per heavy atom. The molecule has 0 spiro atoms. The van der Waals surface area contributed by atoms with Gasteiger partial charge in [-0.25, -0.2) is 4.98 Å². The zero-order chi connectivity index (χ0) is 21.0. The lowest BCUT2D eigenvalue weighted by molar-refractivity contribution is -0.133. The van der Waals surface area contributed by atoms with E-state index < -0.39 is 17.9 Å². The van der Waals surface area contributed by atoms with Gasteiger partial charge in [-0.2, -0.15) is 0 Å². The van der Waals surface area contributed by atoms with Gasteiger partial charge in [0.25, 0.3) is 17.4 Å². The number of hydrazine groups is 1. The minimum Gasteiger partial charge on any atom is -0.481 e. The van der Waals surface area contributed by atoms with Crippen molar-refractivity contribution in [2.75, 3.05) is 0 Å². The van der Waals surface area contributed by atoms with Gasteiger partial charge in [0, 0.05) is 0 Å². The van der Waals surface area contributed by atoms with Crippen molar-refractivity contribution < 1.29 is 14.3 Å². The van der Waals surface area contributed by atoms with E-state index in [1.54, 1.807) is 37.3 Å². The molecule has 0 saturated carbocycles. The second-order valence-electron chi connectivity index (χ2n) is 6.69. The first-order valence-corrected chi connectivity index (χ1v) is 9.12. The Labute approximate surface area is 167 Å². The molecule has 29 heavy (non-hydrogen) atoms. The molecule has 0 saturated heterocycles. The summed E-state index contributed by atoms with van der Waals surface area (Å²) in [6, 6.07) is 12.5. The predicted octanol–water partition coefficient (Wildman–Crippen LogP) is 1.63. The minimum atomic E-state index is -0.819. The van der Waals surface area contributed by atoms with E-state index in [4.69, 9.17) is 4.74 Å². The second kappa shape index (κ2) is 8.55. The molecule has 2 amide bonds. The molecule has 0 fully saturated rings. The van der Waals surface area contributed by atoms with Crippen molar-refractivity contribution in [2.24, 2.45) is 0 Å². The Bertz CT molecular complexity index is 1120. The van der Waals surface area contributed by atoms with Crippen molar-refractivity contribution in [3.8, 4) is 5.75 Å². The largest absolute Gasteiger partial charge is 0.481 e. The maximum absolute atomic E-state index is 12.4. The molecule has 0 bridgehead atoms. The van der Waals surface area contributed by atoms with Gasteiger partial charge in [0.15, 0.2) is 6.10 Å². The summed E-state index contributed by atoms with van der Waals surface area (Å²) >= 11 is 0. The van der Waals surface area contributed by atoms with Gasteiger partial charge in [-0.3, -0.25) is 29.8 Å². The summed E-state index contributed by atoms with van der Waals surface area (Å²) in [6.07, 6.45) is 0.485. The van der Waals surface area contributed by atoms with Gasteiger partial charge in [-0.1, -0.05) is 24.3 Å². The molecular formula is C21H22N4O4. The molecule has 1 aromatic heterocycles. The summed E-state index contributed by atoms with van der Waals surface area (Å²) in [4.78, 5) is 40.9. The highest BCUT2D eigenvalue weighted by atomic mass is 16.5. The van der Waals surface area contributed by atoms with E-state index in [1.165, 1.54) is 10.9 Å². The summed E-state index contributed by atoms with van der Waals surface area (Å²) < 4.78 is 6.86. The number of carbonyl (C=O) groups is 2. The Kier molecular flexibility index (Phi) is 5.92. The molecule has 0 aliphatic heterocycles. The third-order valence-corrected chi connectivity index (χ3v) is 4.60. The fourth-order valence-electron chi connectivity index (χ4n) is 2.74. The maximum Gasteiger partial charge on any atom is 0.279 e. The summed E-state index contributed by atoms with van der Waals surface area (Å²) in [6.45, 7) is 5.17. The number of aryl methyl sites for hydroxylation is 1. The number of amides is 2. The number of aromatic nitrogens is 2.